The second-order valence-electron chi connectivity index (χ2n) is 5.76. The van der Waals surface area contributed by atoms with Crippen LogP contribution >= 0.6 is 23.8 Å². The summed E-state index contributed by atoms with van der Waals surface area (Å²) in [6, 6.07) is 5.55. The summed E-state index contributed by atoms with van der Waals surface area (Å²) in [6.45, 7) is 3.10. The SMILES string of the molecule is Cc1cc(Cl)ccc1NC(=S)N1CCc2c(c(C(=O)O)nn2C)C1. The van der Waals surface area contributed by atoms with Gasteiger partial charge in [-0.3, -0.25) is 4.68 Å². The minimum atomic E-state index is -1.01. The van der Waals surface area contributed by atoms with Gasteiger partial charge < -0.3 is 15.3 Å². The Morgan fingerprint density at radius 1 is 1.46 bits per heavy atom. The van der Waals surface area contributed by atoms with Crippen LogP contribution in [0.1, 0.15) is 27.3 Å². The summed E-state index contributed by atoms with van der Waals surface area (Å²) in [5, 5.41) is 17.9. The van der Waals surface area contributed by atoms with Gasteiger partial charge in [0.25, 0.3) is 0 Å². The molecule has 1 aromatic heterocycles. The highest BCUT2D eigenvalue weighted by atomic mass is 35.5. The van der Waals surface area contributed by atoms with Crippen molar-refractivity contribution in [3.8, 4) is 0 Å². The Labute approximate surface area is 150 Å². The number of aryl methyl sites for hydroxylation is 2. The summed E-state index contributed by atoms with van der Waals surface area (Å²) < 4.78 is 1.65. The predicted molar refractivity (Wildman–Crippen MR) is 96.7 cm³/mol. The topological polar surface area (TPSA) is 70.4 Å². The van der Waals surface area contributed by atoms with Crippen molar-refractivity contribution in [2.45, 2.75) is 19.9 Å². The van der Waals surface area contributed by atoms with E-state index in [-0.39, 0.29) is 5.69 Å². The van der Waals surface area contributed by atoms with E-state index in [4.69, 9.17) is 23.8 Å². The van der Waals surface area contributed by atoms with Crippen LogP contribution in [0.3, 0.4) is 0 Å². The zero-order valence-electron chi connectivity index (χ0n) is 13.3. The van der Waals surface area contributed by atoms with Crippen LogP contribution in [0.2, 0.25) is 5.02 Å². The number of hydrogen-bond acceptors (Lipinski definition) is 3. The number of carboxylic acids is 1. The van der Waals surface area contributed by atoms with Gasteiger partial charge in [-0.2, -0.15) is 5.10 Å². The smallest absolute Gasteiger partial charge is 0.356 e. The third-order valence-electron chi connectivity index (χ3n) is 4.16. The molecule has 1 aliphatic heterocycles. The summed E-state index contributed by atoms with van der Waals surface area (Å²) in [4.78, 5) is 13.3. The molecule has 126 valence electrons. The Kier molecular flexibility index (Phi) is 4.47. The van der Waals surface area contributed by atoms with Crippen LogP contribution in [0.15, 0.2) is 18.2 Å². The normalized spacial score (nSPS) is 13.5. The Hall–Kier alpha value is -2.12. The van der Waals surface area contributed by atoms with Crippen molar-refractivity contribution in [2.75, 3.05) is 11.9 Å². The third-order valence-corrected chi connectivity index (χ3v) is 4.76. The lowest BCUT2D eigenvalue weighted by Gasteiger charge is -2.30. The minimum Gasteiger partial charge on any atom is -0.476 e. The van der Waals surface area contributed by atoms with Gasteiger partial charge in [0, 0.05) is 48.5 Å². The molecule has 0 spiro atoms. The number of aromatic carboxylic acids is 1. The monoisotopic (exact) mass is 364 g/mol. The molecule has 0 fully saturated rings. The second-order valence-corrected chi connectivity index (χ2v) is 6.59. The Balaban J connectivity index is 1.80. The van der Waals surface area contributed by atoms with Crippen molar-refractivity contribution in [1.29, 1.82) is 0 Å². The maximum atomic E-state index is 11.4. The van der Waals surface area contributed by atoms with Crippen molar-refractivity contribution in [3.05, 3.63) is 45.7 Å². The number of halogens is 1. The van der Waals surface area contributed by atoms with Crippen molar-refractivity contribution in [2.24, 2.45) is 7.05 Å². The molecule has 2 aromatic rings. The zero-order chi connectivity index (χ0) is 17.4. The standard InChI is InChI=1S/C16H17ClN4O2S/c1-9-7-10(17)3-4-12(9)18-16(24)21-6-5-13-11(8-21)14(15(22)23)19-20(13)2/h3-4,7H,5-6,8H2,1-2H3,(H,18,24)(H,22,23). The molecule has 0 saturated carbocycles. The summed E-state index contributed by atoms with van der Waals surface area (Å²) in [5.74, 6) is -1.01. The first kappa shape index (κ1) is 16.7. The molecule has 0 radical (unpaired) electrons. The van der Waals surface area contributed by atoms with Gasteiger partial charge in [-0.05, 0) is 42.9 Å². The molecule has 0 saturated heterocycles. The Morgan fingerprint density at radius 3 is 2.88 bits per heavy atom. The van der Waals surface area contributed by atoms with Crippen LogP contribution in [0, 0.1) is 6.92 Å². The molecule has 2 heterocycles. The summed E-state index contributed by atoms with van der Waals surface area (Å²) in [7, 11) is 1.77. The quantitative estimate of drug-likeness (QED) is 0.798. The van der Waals surface area contributed by atoms with Gasteiger partial charge in [-0.25, -0.2) is 4.79 Å². The molecule has 0 aliphatic carbocycles. The molecule has 3 rings (SSSR count). The van der Waals surface area contributed by atoms with Crippen LogP contribution in [-0.4, -0.2) is 37.4 Å². The average Bonchev–Trinajstić information content (AvgIpc) is 2.87. The van der Waals surface area contributed by atoms with E-state index >= 15 is 0 Å². The maximum Gasteiger partial charge on any atom is 0.356 e. The summed E-state index contributed by atoms with van der Waals surface area (Å²) in [6.07, 6.45) is 0.702. The van der Waals surface area contributed by atoms with E-state index in [1.54, 1.807) is 17.8 Å². The van der Waals surface area contributed by atoms with Gasteiger partial charge in [0.15, 0.2) is 10.8 Å². The Morgan fingerprint density at radius 2 is 2.21 bits per heavy atom. The molecule has 0 unspecified atom stereocenters. The lowest BCUT2D eigenvalue weighted by atomic mass is 10.1. The molecule has 1 aliphatic rings. The number of aromatic nitrogens is 2. The van der Waals surface area contributed by atoms with Crippen molar-refractivity contribution >= 4 is 40.6 Å². The lowest BCUT2D eigenvalue weighted by molar-refractivity contribution is 0.0687. The molecular weight excluding hydrogens is 348 g/mol. The molecule has 0 bridgehead atoms. The number of rotatable bonds is 2. The van der Waals surface area contributed by atoms with E-state index in [0.29, 0.717) is 29.6 Å². The van der Waals surface area contributed by atoms with Crippen LogP contribution in [0.25, 0.3) is 0 Å². The molecule has 24 heavy (non-hydrogen) atoms. The summed E-state index contributed by atoms with van der Waals surface area (Å²) >= 11 is 11.5. The number of anilines is 1. The molecule has 8 heteroatoms. The maximum absolute atomic E-state index is 11.4. The number of benzene rings is 1. The zero-order valence-corrected chi connectivity index (χ0v) is 14.9. The van der Waals surface area contributed by atoms with Crippen LogP contribution < -0.4 is 5.32 Å². The third kappa shape index (κ3) is 3.09. The predicted octanol–water partition coefficient (Wildman–Crippen LogP) is 2.84. The first-order chi connectivity index (χ1) is 11.4. The van der Waals surface area contributed by atoms with E-state index in [9.17, 15) is 9.90 Å². The van der Waals surface area contributed by atoms with Crippen molar-refractivity contribution < 1.29 is 9.90 Å². The second kappa shape index (κ2) is 6.41. The molecule has 0 amide bonds. The first-order valence-corrected chi connectivity index (χ1v) is 8.25. The van der Waals surface area contributed by atoms with Crippen molar-refractivity contribution in [1.82, 2.24) is 14.7 Å². The fourth-order valence-electron chi connectivity index (χ4n) is 2.90. The summed E-state index contributed by atoms with van der Waals surface area (Å²) in [5.41, 5.74) is 3.67. The van der Waals surface area contributed by atoms with Gasteiger partial charge in [-0.1, -0.05) is 11.6 Å². The number of carboxylic acid groups (broad SMARTS) is 1. The highest BCUT2D eigenvalue weighted by molar-refractivity contribution is 7.80. The molecular formula is C16H17ClN4O2S. The van der Waals surface area contributed by atoms with Gasteiger partial charge in [0.05, 0.1) is 0 Å². The largest absolute Gasteiger partial charge is 0.476 e. The van der Waals surface area contributed by atoms with Gasteiger partial charge in [-0.15, -0.1) is 0 Å². The fraction of sp³-hybridized carbons (Fsp3) is 0.312. The number of carbonyl (C=O) groups is 1. The molecule has 6 nitrogen and oxygen atoms in total. The highest BCUT2D eigenvalue weighted by Gasteiger charge is 2.28. The van der Waals surface area contributed by atoms with E-state index in [1.807, 2.05) is 24.0 Å². The fourth-order valence-corrected chi connectivity index (χ4v) is 3.39. The van der Waals surface area contributed by atoms with E-state index < -0.39 is 5.97 Å². The number of nitrogens with zero attached hydrogens (tertiary/aromatic N) is 3. The van der Waals surface area contributed by atoms with E-state index in [0.717, 1.165) is 22.5 Å². The lowest BCUT2D eigenvalue weighted by Crippen LogP contribution is -2.39. The first-order valence-electron chi connectivity index (χ1n) is 7.47. The van der Waals surface area contributed by atoms with E-state index in [2.05, 4.69) is 10.4 Å². The van der Waals surface area contributed by atoms with E-state index in [1.165, 1.54) is 0 Å². The van der Waals surface area contributed by atoms with Crippen LogP contribution in [-0.2, 0) is 20.0 Å². The Bertz CT molecular complexity index is 834. The van der Waals surface area contributed by atoms with Gasteiger partial charge in [0.1, 0.15) is 0 Å². The van der Waals surface area contributed by atoms with Crippen LogP contribution in [0.4, 0.5) is 5.69 Å². The highest BCUT2D eigenvalue weighted by Crippen LogP contribution is 2.24. The van der Waals surface area contributed by atoms with Gasteiger partial charge in [0.2, 0.25) is 0 Å². The average molecular weight is 365 g/mol. The van der Waals surface area contributed by atoms with Crippen LogP contribution in [0.5, 0.6) is 0 Å². The van der Waals surface area contributed by atoms with Gasteiger partial charge >= 0.3 is 5.97 Å². The number of nitrogens with one attached hydrogen (secondary N) is 1. The molecule has 0 atom stereocenters. The van der Waals surface area contributed by atoms with Crippen molar-refractivity contribution in [3.63, 3.8) is 0 Å². The molecule has 2 N–H and O–H groups in total. The minimum absolute atomic E-state index is 0.0997. The number of fused-ring (bicyclic) bond motifs is 1. The molecule has 1 aromatic carbocycles. The number of hydrogen-bond donors (Lipinski definition) is 2. The number of thiocarbonyl (C=S) groups is 1.